The zero-order valence-corrected chi connectivity index (χ0v) is 11.6. The smallest absolute Gasteiger partial charge is 0.122 e. The van der Waals surface area contributed by atoms with Crippen molar-refractivity contribution in [3.63, 3.8) is 0 Å². The number of benzene rings is 1. The van der Waals surface area contributed by atoms with Crippen LogP contribution in [0.25, 0.3) is 0 Å². The molecule has 1 aromatic rings. The molecule has 3 nitrogen and oxygen atoms in total. The minimum Gasteiger partial charge on any atom is -0.496 e. The fourth-order valence-corrected chi connectivity index (χ4v) is 2.83. The van der Waals surface area contributed by atoms with Gasteiger partial charge in [-0.1, -0.05) is 37.5 Å². The summed E-state index contributed by atoms with van der Waals surface area (Å²) in [6, 6.07) is 10.6. The van der Waals surface area contributed by atoms with E-state index in [1.165, 1.54) is 12.0 Å². The summed E-state index contributed by atoms with van der Waals surface area (Å²) in [5.74, 6) is 0.930. The van der Waals surface area contributed by atoms with Gasteiger partial charge in [-0.25, -0.2) is 0 Å². The lowest BCUT2D eigenvalue weighted by Crippen LogP contribution is -2.46. The first-order valence-corrected chi connectivity index (χ1v) is 7.08. The van der Waals surface area contributed by atoms with E-state index in [-0.39, 0.29) is 5.54 Å². The molecule has 1 saturated carbocycles. The van der Waals surface area contributed by atoms with Crippen LogP contribution in [0.1, 0.15) is 37.7 Å². The number of hydrogen-bond acceptors (Lipinski definition) is 3. The van der Waals surface area contributed by atoms with E-state index in [0.717, 1.165) is 44.4 Å². The Morgan fingerprint density at radius 3 is 2.68 bits per heavy atom. The maximum atomic E-state index is 9.40. The molecule has 1 aliphatic rings. The molecule has 0 aromatic heterocycles. The standard InChI is InChI=1S/C16H22N2O/c1-19-15-8-4-3-7-14(15)9-12-18-16(13-17)10-5-2-6-11-16/h3-4,7-8,18H,2,5-6,9-12H2,1H3. The summed E-state index contributed by atoms with van der Waals surface area (Å²) in [5.41, 5.74) is 0.904. The number of hydrogen-bond donors (Lipinski definition) is 1. The van der Waals surface area contributed by atoms with Crippen LogP contribution in [0.5, 0.6) is 5.75 Å². The van der Waals surface area contributed by atoms with E-state index in [4.69, 9.17) is 4.74 Å². The van der Waals surface area contributed by atoms with Crippen molar-refractivity contribution in [1.82, 2.24) is 5.32 Å². The van der Waals surface area contributed by atoms with Crippen molar-refractivity contribution in [1.29, 1.82) is 5.26 Å². The maximum Gasteiger partial charge on any atom is 0.122 e. The van der Waals surface area contributed by atoms with Crippen LogP contribution in [-0.2, 0) is 6.42 Å². The Kier molecular flexibility index (Phi) is 4.81. The van der Waals surface area contributed by atoms with Crippen LogP contribution in [0.2, 0.25) is 0 Å². The van der Waals surface area contributed by atoms with Crippen LogP contribution < -0.4 is 10.1 Å². The number of nitrogens with one attached hydrogen (secondary N) is 1. The van der Waals surface area contributed by atoms with Gasteiger partial charge in [0.25, 0.3) is 0 Å². The number of rotatable bonds is 5. The summed E-state index contributed by atoms with van der Waals surface area (Å²) in [4.78, 5) is 0. The highest BCUT2D eigenvalue weighted by atomic mass is 16.5. The van der Waals surface area contributed by atoms with Crippen molar-refractivity contribution in [2.45, 2.75) is 44.1 Å². The van der Waals surface area contributed by atoms with Crippen LogP contribution >= 0.6 is 0 Å². The largest absolute Gasteiger partial charge is 0.496 e. The fourth-order valence-electron chi connectivity index (χ4n) is 2.83. The predicted octanol–water partition coefficient (Wildman–Crippen LogP) is 3.05. The van der Waals surface area contributed by atoms with E-state index in [9.17, 15) is 5.26 Å². The second-order valence-corrected chi connectivity index (χ2v) is 5.24. The van der Waals surface area contributed by atoms with Crippen molar-refractivity contribution in [3.8, 4) is 11.8 Å². The Balaban J connectivity index is 1.90. The highest BCUT2D eigenvalue weighted by Crippen LogP contribution is 2.27. The highest BCUT2D eigenvalue weighted by molar-refractivity contribution is 5.33. The van der Waals surface area contributed by atoms with Gasteiger partial charge in [0.1, 0.15) is 11.3 Å². The van der Waals surface area contributed by atoms with Gasteiger partial charge in [-0.2, -0.15) is 5.26 Å². The molecule has 0 saturated heterocycles. The molecule has 3 heteroatoms. The Labute approximate surface area is 115 Å². The summed E-state index contributed by atoms with van der Waals surface area (Å²) in [6.07, 6.45) is 6.44. The first-order valence-electron chi connectivity index (χ1n) is 7.08. The Morgan fingerprint density at radius 1 is 1.26 bits per heavy atom. The molecular weight excluding hydrogens is 236 g/mol. The van der Waals surface area contributed by atoms with Gasteiger partial charge < -0.3 is 4.74 Å². The number of para-hydroxylation sites is 1. The minimum atomic E-state index is -0.291. The first kappa shape index (κ1) is 13.9. The molecule has 0 amide bonds. The second-order valence-electron chi connectivity index (χ2n) is 5.24. The molecule has 102 valence electrons. The zero-order valence-electron chi connectivity index (χ0n) is 11.6. The van der Waals surface area contributed by atoms with Gasteiger partial charge in [0, 0.05) is 6.54 Å². The summed E-state index contributed by atoms with van der Waals surface area (Å²) < 4.78 is 5.35. The Morgan fingerprint density at radius 2 is 2.00 bits per heavy atom. The number of nitrogens with zero attached hydrogens (tertiary/aromatic N) is 1. The minimum absolute atomic E-state index is 0.291. The van der Waals surface area contributed by atoms with E-state index in [1.807, 2.05) is 18.2 Å². The van der Waals surface area contributed by atoms with Gasteiger partial charge in [-0.05, 0) is 30.9 Å². The number of methoxy groups -OCH3 is 1. The number of nitriles is 1. The quantitative estimate of drug-likeness (QED) is 0.883. The average Bonchev–Trinajstić information content (AvgIpc) is 2.49. The lowest BCUT2D eigenvalue weighted by atomic mass is 9.83. The van der Waals surface area contributed by atoms with E-state index in [1.54, 1.807) is 7.11 Å². The molecule has 0 unspecified atom stereocenters. The van der Waals surface area contributed by atoms with Gasteiger partial charge >= 0.3 is 0 Å². The van der Waals surface area contributed by atoms with Crippen LogP contribution in [0.3, 0.4) is 0 Å². The molecule has 0 radical (unpaired) electrons. The van der Waals surface area contributed by atoms with E-state index < -0.39 is 0 Å². The Bertz CT molecular complexity index is 444. The molecule has 0 heterocycles. The van der Waals surface area contributed by atoms with Crippen molar-refractivity contribution in [3.05, 3.63) is 29.8 Å². The SMILES string of the molecule is COc1ccccc1CCNC1(C#N)CCCCC1. The van der Waals surface area contributed by atoms with Crippen LogP contribution in [0.15, 0.2) is 24.3 Å². The van der Waals surface area contributed by atoms with E-state index >= 15 is 0 Å². The molecule has 0 atom stereocenters. The number of ether oxygens (including phenoxy) is 1. The highest BCUT2D eigenvalue weighted by Gasteiger charge is 2.30. The average molecular weight is 258 g/mol. The summed E-state index contributed by atoms with van der Waals surface area (Å²) in [6.45, 7) is 0.827. The molecule has 2 rings (SSSR count). The third kappa shape index (κ3) is 3.48. The Hall–Kier alpha value is -1.53. The van der Waals surface area contributed by atoms with Gasteiger partial charge in [0.2, 0.25) is 0 Å². The monoisotopic (exact) mass is 258 g/mol. The van der Waals surface area contributed by atoms with Gasteiger partial charge in [-0.15, -0.1) is 0 Å². The van der Waals surface area contributed by atoms with Crippen LogP contribution in [-0.4, -0.2) is 19.2 Å². The maximum absolute atomic E-state index is 9.40. The molecule has 1 N–H and O–H groups in total. The van der Waals surface area contributed by atoms with Crippen LogP contribution in [0, 0.1) is 11.3 Å². The van der Waals surface area contributed by atoms with E-state index in [2.05, 4.69) is 17.5 Å². The lowest BCUT2D eigenvalue weighted by Gasteiger charge is -2.31. The van der Waals surface area contributed by atoms with Crippen molar-refractivity contribution in [2.24, 2.45) is 0 Å². The summed E-state index contributed by atoms with van der Waals surface area (Å²) in [5, 5.41) is 12.9. The van der Waals surface area contributed by atoms with Crippen LogP contribution in [0.4, 0.5) is 0 Å². The normalized spacial score (nSPS) is 17.7. The van der Waals surface area contributed by atoms with Gasteiger partial charge in [0.15, 0.2) is 0 Å². The summed E-state index contributed by atoms with van der Waals surface area (Å²) >= 11 is 0. The van der Waals surface area contributed by atoms with Gasteiger partial charge in [-0.3, -0.25) is 5.32 Å². The van der Waals surface area contributed by atoms with Crippen molar-refractivity contribution >= 4 is 0 Å². The molecule has 0 spiro atoms. The lowest BCUT2D eigenvalue weighted by molar-refractivity contribution is 0.299. The predicted molar refractivity (Wildman–Crippen MR) is 76.1 cm³/mol. The first-order chi connectivity index (χ1) is 9.29. The summed E-state index contributed by atoms with van der Waals surface area (Å²) in [7, 11) is 1.70. The molecule has 0 bridgehead atoms. The second kappa shape index (κ2) is 6.58. The third-order valence-corrected chi connectivity index (χ3v) is 3.97. The molecule has 1 aliphatic carbocycles. The molecular formula is C16H22N2O. The van der Waals surface area contributed by atoms with Crippen molar-refractivity contribution in [2.75, 3.05) is 13.7 Å². The van der Waals surface area contributed by atoms with E-state index in [0.29, 0.717) is 0 Å². The fraction of sp³-hybridized carbons (Fsp3) is 0.562. The molecule has 1 aromatic carbocycles. The van der Waals surface area contributed by atoms with Crippen molar-refractivity contribution < 1.29 is 4.74 Å². The zero-order chi connectivity index (χ0) is 13.6. The molecule has 19 heavy (non-hydrogen) atoms. The molecule has 1 fully saturated rings. The third-order valence-electron chi connectivity index (χ3n) is 3.97. The van der Waals surface area contributed by atoms with Gasteiger partial charge in [0.05, 0.1) is 13.2 Å². The molecule has 0 aliphatic heterocycles. The topological polar surface area (TPSA) is 45.0 Å².